The minimum absolute atomic E-state index is 0.226. The van der Waals surface area contributed by atoms with Gasteiger partial charge in [-0.1, -0.05) is 42.5 Å². The molecular formula is C18H19NO2. The summed E-state index contributed by atoms with van der Waals surface area (Å²) in [5.74, 6) is -0.226. The highest BCUT2D eigenvalue weighted by Crippen LogP contribution is 2.41. The third-order valence-electron chi connectivity index (χ3n) is 4.27. The molecule has 2 aromatic rings. The van der Waals surface area contributed by atoms with E-state index in [2.05, 4.69) is 11.4 Å². The van der Waals surface area contributed by atoms with Gasteiger partial charge in [-0.05, 0) is 42.5 Å². The van der Waals surface area contributed by atoms with Gasteiger partial charge in [0.2, 0.25) is 0 Å². The largest absolute Gasteiger partial charge is 0.467 e. The molecule has 21 heavy (non-hydrogen) atoms. The Kier molecular flexibility index (Phi) is 3.42. The first-order valence-corrected chi connectivity index (χ1v) is 7.18. The number of nitrogens with one attached hydrogen (secondary N) is 1. The van der Waals surface area contributed by atoms with Gasteiger partial charge in [-0.2, -0.15) is 0 Å². The van der Waals surface area contributed by atoms with Gasteiger partial charge in [0.25, 0.3) is 0 Å². The average Bonchev–Trinajstić information content (AvgIpc) is 2.89. The first-order chi connectivity index (χ1) is 10.2. The third kappa shape index (κ3) is 2.19. The van der Waals surface area contributed by atoms with Crippen LogP contribution in [-0.2, 0) is 21.5 Å². The summed E-state index contributed by atoms with van der Waals surface area (Å²) in [6.07, 6.45) is 1.59. The Hall–Kier alpha value is -2.29. The smallest absolute Gasteiger partial charge is 0.336 e. The molecule has 1 aliphatic carbocycles. The quantitative estimate of drug-likeness (QED) is 0.876. The molecule has 2 aromatic carbocycles. The van der Waals surface area contributed by atoms with E-state index in [1.54, 1.807) is 0 Å². The molecule has 0 saturated carbocycles. The van der Waals surface area contributed by atoms with Gasteiger partial charge in [0.15, 0.2) is 5.54 Å². The van der Waals surface area contributed by atoms with Crippen molar-refractivity contribution >= 4 is 11.7 Å². The molecule has 108 valence electrons. The molecule has 1 aliphatic rings. The van der Waals surface area contributed by atoms with E-state index >= 15 is 0 Å². The first kappa shape index (κ1) is 13.7. The van der Waals surface area contributed by atoms with Crippen molar-refractivity contribution in [3.8, 4) is 0 Å². The van der Waals surface area contributed by atoms with Gasteiger partial charge in [0, 0.05) is 5.69 Å². The number of para-hydroxylation sites is 1. The minimum atomic E-state index is -0.780. The van der Waals surface area contributed by atoms with Crippen LogP contribution >= 0.6 is 0 Å². The van der Waals surface area contributed by atoms with Gasteiger partial charge in [-0.15, -0.1) is 0 Å². The standard InChI is InChI=1S/C18H19NO2/c1-13-7-3-6-10-16(13)19-18(17(20)21-2)12-11-14-8-4-5-9-15(14)18/h3-10,19H,11-12H2,1-2H3. The summed E-state index contributed by atoms with van der Waals surface area (Å²) < 4.78 is 5.11. The topological polar surface area (TPSA) is 38.3 Å². The molecule has 1 atom stereocenters. The first-order valence-electron chi connectivity index (χ1n) is 7.18. The Morgan fingerprint density at radius 1 is 1.14 bits per heavy atom. The lowest BCUT2D eigenvalue weighted by Crippen LogP contribution is -2.42. The molecule has 0 spiro atoms. The molecule has 0 heterocycles. The van der Waals surface area contributed by atoms with Crippen LogP contribution in [0.2, 0.25) is 0 Å². The van der Waals surface area contributed by atoms with Crippen LogP contribution in [-0.4, -0.2) is 13.1 Å². The lowest BCUT2D eigenvalue weighted by atomic mass is 9.91. The predicted molar refractivity (Wildman–Crippen MR) is 83.3 cm³/mol. The fourth-order valence-corrected chi connectivity index (χ4v) is 3.12. The molecule has 3 heteroatoms. The molecule has 3 rings (SSSR count). The van der Waals surface area contributed by atoms with Crippen LogP contribution in [0.5, 0.6) is 0 Å². The number of methoxy groups -OCH3 is 1. The van der Waals surface area contributed by atoms with E-state index in [4.69, 9.17) is 4.74 Å². The van der Waals surface area contributed by atoms with E-state index in [1.165, 1.54) is 12.7 Å². The van der Waals surface area contributed by atoms with Crippen molar-refractivity contribution in [1.82, 2.24) is 0 Å². The maximum Gasteiger partial charge on any atom is 0.336 e. The maximum absolute atomic E-state index is 12.5. The van der Waals surface area contributed by atoms with Crippen LogP contribution in [0.15, 0.2) is 48.5 Å². The fraction of sp³-hybridized carbons (Fsp3) is 0.278. The van der Waals surface area contributed by atoms with Gasteiger partial charge >= 0.3 is 5.97 Å². The molecule has 1 N–H and O–H groups in total. The molecule has 1 unspecified atom stereocenters. The third-order valence-corrected chi connectivity index (χ3v) is 4.27. The van der Waals surface area contributed by atoms with Crippen LogP contribution in [0.4, 0.5) is 5.69 Å². The van der Waals surface area contributed by atoms with Gasteiger partial charge in [0.05, 0.1) is 7.11 Å². The normalized spacial score (nSPS) is 19.9. The van der Waals surface area contributed by atoms with Crippen LogP contribution in [0.1, 0.15) is 23.1 Å². The Bertz CT molecular complexity index is 680. The number of aryl methyl sites for hydroxylation is 2. The second-order valence-corrected chi connectivity index (χ2v) is 5.49. The second kappa shape index (κ2) is 5.24. The number of rotatable bonds is 3. The van der Waals surface area contributed by atoms with Crippen molar-refractivity contribution in [2.24, 2.45) is 0 Å². The van der Waals surface area contributed by atoms with Gasteiger partial charge in [0.1, 0.15) is 0 Å². The summed E-state index contributed by atoms with van der Waals surface area (Å²) >= 11 is 0. The van der Waals surface area contributed by atoms with Crippen LogP contribution in [0.25, 0.3) is 0 Å². The summed E-state index contributed by atoms with van der Waals surface area (Å²) in [7, 11) is 1.45. The van der Waals surface area contributed by atoms with Gasteiger partial charge in [-0.25, -0.2) is 4.79 Å². The summed E-state index contributed by atoms with van der Waals surface area (Å²) in [5, 5.41) is 3.46. The summed E-state index contributed by atoms with van der Waals surface area (Å²) in [4.78, 5) is 12.5. The fourth-order valence-electron chi connectivity index (χ4n) is 3.12. The summed E-state index contributed by atoms with van der Waals surface area (Å²) in [5.41, 5.74) is 3.55. The highest BCUT2D eigenvalue weighted by atomic mass is 16.5. The zero-order valence-corrected chi connectivity index (χ0v) is 12.3. The minimum Gasteiger partial charge on any atom is -0.467 e. The predicted octanol–water partition coefficient (Wildman–Crippen LogP) is 3.42. The highest BCUT2D eigenvalue weighted by molar-refractivity contribution is 5.88. The zero-order chi connectivity index (χ0) is 14.9. The SMILES string of the molecule is COC(=O)C1(Nc2ccccc2C)CCc2ccccc21. The van der Waals surface area contributed by atoms with Crippen LogP contribution in [0.3, 0.4) is 0 Å². The van der Waals surface area contributed by atoms with Gasteiger partial charge in [-0.3, -0.25) is 0 Å². The van der Waals surface area contributed by atoms with Crippen LogP contribution < -0.4 is 5.32 Å². The van der Waals surface area contributed by atoms with Crippen molar-refractivity contribution in [3.05, 3.63) is 65.2 Å². The number of benzene rings is 2. The second-order valence-electron chi connectivity index (χ2n) is 5.49. The van der Waals surface area contributed by atoms with E-state index in [9.17, 15) is 4.79 Å². The molecule has 0 radical (unpaired) electrons. The number of carbonyl (C=O) groups excluding carboxylic acids is 1. The lowest BCUT2D eigenvalue weighted by Gasteiger charge is -2.30. The van der Waals surface area contributed by atoms with Crippen molar-refractivity contribution < 1.29 is 9.53 Å². The van der Waals surface area contributed by atoms with Crippen LogP contribution in [0, 0.1) is 6.92 Å². The summed E-state index contributed by atoms with van der Waals surface area (Å²) in [6, 6.07) is 16.1. The van der Waals surface area contributed by atoms with E-state index in [0.717, 1.165) is 23.2 Å². The van der Waals surface area contributed by atoms with Crippen molar-refractivity contribution in [2.75, 3.05) is 12.4 Å². The number of esters is 1. The number of fused-ring (bicyclic) bond motifs is 1. The number of anilines is 1. The van der Waals surface area contributed by atoms with Crippen molar-refractivity contribution in [1.29, 1.82) is 0 Å². The van der Waals surface area contributed by atoms with Crippen molar-refractivity contribution in [2.45, 2.75) is 25.3 Å². The molecule has 0 aromatic heterocycles. The maximum atomic E-state index is 12.5. The number of hydrogen-bond donors (Lipinski definition) is 1. The summed E-state index contributed by atoms with van der Waals surface area (Å²) in [6.45, 7) is 2.04. The number of carbonyl (C=O) groups is 1. The Morgan fingerprint density at radius 2 is 1.86 bits per heavy atom. The Balaban J connectivity index is 2.08. The molecular weight excluding hydrogens is 262 g/mol. The molecule has 0 bridgehead atoms. The van der Waals surface area contributed by atoms with Gasteiger partial charge < -0.3 is 10.1 Å². The van der Waals surface area contributed by atoms with E-state index in [1.807, 2.05) is 49.4 Å². The average molecular weight is 281 g/mol. The Morgan fingerprint density at radius 3 is 2.62 bits per heavy atom. The highest BCUT2D eigenvalue weighted by Gasteiger charge is 2.46. The molecule has 0 amide bonds. The van der Waals surface area contributed by atoms with E-state index < -0.39 is 5.54 Å². The molecule has 0 saturated heterocycles. The molecule has 0 aliphatic heterocycles. The number of hydrogen-bond acceptors (Lipinski definition) is 3. The molecule has 3 nitrogen and oxygen atoms in total. The van der Waals surface area contributed by atoms with Crippen molar-refractivity contribution in [3.63, 3.8) is 0 Å². The lowest BCUT2D eigenvalue weighted by molar-refractivity contribution is -0.146. The zero-order valence-electron chi connectivity index (χ0n) is 12.3. The monoisotopic (exact) mass is 281 g/mol. The molecule has 0 fully saturated rings. The Labute approximate surface area is 124 Å². The van der Waals surface area contributed by atoms with E-state index in [-0.39, 0.29) is 5.97 Å². The van der Waals surface area contributed by atoms with E-state index in [0.29, 0.717) is 6.42 Å². The number of ether oxygens (including phenoxy) is 1.